The Morgan fingerprint density at radius 1 is 1.41 bits per heavy atom. The minimum Gasteiger partial charge on any atom is -0.334 e. The molecule has 3 nitrogen and oxygen atoms in total. The molecule has 1 aromatic rings. The Balaban J connectivity index is 2.11. The highest BCUT2D eigenvalue weighted by molar-refractivity contribution is 5.79. The van der Waals surface area contributed by atoms with Crippen molar-refractivity contribution >= 4 is 5.91 Å². The van der Waals surface area contributed by atoms with Gasteiger partial charge in [0, 0.05) is 19.0 Å². The van der Waals surface area contributed by atoms with E-state index >= 15 is 0 Å². The van der Waals surface area contributed by atoms with Gasteiger partial charge in [0.05, 0.1) is 12.0 Å². The van der Waals surface area contributed by atoms with E-state index in [1.807, 2.05) is 38.1 Å². The van der Waals surface area contributed by atoms with Gasteiger partial charge in [-0.05, 0) is 19.4 Å². The summed E-state index contributed by atoms with van der Waals surface area (Å²) < 4.78 is 0. The summed E-state index contributed by atoms with van der Waals surface area (Å²) in [5.41, 5.74) is 2.33. The second kappa shape index (κ2) is 4.58. The fourth-order valence-corrected chi connectivity index (χ4v) is 2.20. The number of likely N-dealkylation sites (tertiary alicyclic amines) is 1. The number of rotatable bonds is 2. The maximum atomic E-state index is 11.8. The molecular formula is C14H16N2O. The predicted octanol–water partition coefficient (Wildman–Crippen LogP) is 2.26. The second-order valence-electron chi connectivity index (χ2n) is 4.69. The summed E-state index contributed by atoms with van der Waals surface area (Å²) >= 11 is 0. The highest BCUT2D eigenvalue weighted by atomic mass is 16.2. The van der Waals surface area contributed by atoms with E-state index in [0.29, 0.717) is 13.0 Å². The summed E-state index contributed by atoms with van der Waals surface area (Å²) in [6.45, 7) is 4.60. The van der Waals surface area contributed by atoms with Gasteiger partial charge in [0.25, 0.3) is 0 Å². The van der Waals surface area contributed by atoms with Crippen LogP contribution in [0.15, 0.2) is 24.3 Å². The highest BCUT2D eigenvalue weighted by Gasteiger charge is 2.36. The second-order valence-corrected chi connectivity index (χ2v) is 4.69. The number of carbonyl (C=O) groups is 1. The van der Waals surface area contributed by atoms with Crippen LogP contribution in [0, 0.1) is 24.2 Å². The van der Waals surface area contributed by atoms with Gasteiger partial charge in [0.15, 0.2) is 0 Å². The van der Waals surface area contributed by atoms with Crippen LogP contribution in [0.3, 0.4) is 0 Å². The summed E-state index contributed by atoms with van der Waals surface area (Å²) in [6.07, 6.45) is 0.365. The number of amides is 1. The van der Waals surface area contributed by atoms with Crippen molar-refractivity contribution in [3.63, 3.8) is 0 Å². The number of hydrogen-bond donors (Lipinski definition) is 0. The molecule has 0 N–H and O–H groups in total. The summed E-state index contributed by atoms with van der Waals surface area (Å²) in [7, 11) is 0. The Hall–Kier alpha value is -1.82. The van der Waals surface area contributed by atoms with E-state index in [1.165, 1.54) is 5.56 Å². The van der Waals surface area contributed by atoms with E-state index in [0.717, 1.165) is 5.56 Å². The zero-order valence-corrected chi connectivity index (χ0v) is 10.2. The molecule has 2 atom stereocenters. The summed E-state index contributed by atoms with van der Waals surface area (Å²) in [6, 6.07) is 10.4. The first-order chi connectivity index (χ1) is 8.11. The lowest BCUT2D eigenvalue weighted by Gasteiger charge is -2.22. The third-order valence-electron chi connectivity index (χ3n) is 3.43. The molecule has 3 heteroatoms. The van der Waals surface area contributed by atoms with Crippen LogP contribution in [0.5, 0.6) is 0 Å². The van der Waals surface area contributed by atoms with E-state index in [9.17, 15) is 4.79 Å². The van der Waals surface area contributed by atoms with Gasteiger partial charge >= 0.3 is 0 Å². The molecule has 1 amide bonds. The Bertz CT molecular complexity index is 458. The normalized spacial score (nSPS) is 23.8. The maximum absolute atomic E-state index is 11.8. The van der Waals surface area contributed by atoms with Gasteiger partial charge in [0.2, 0.25) is 5.91 Å². The van der Waals surface area contributed by atoms with Crippen molar-refractivity contribution in [1.29, 1.82) is 5.26 Å². The number of aryl methyl sites for hydroxylation is 1. The minimum absolute atomic E-state index is 0.0220. The van der Waals surface area contributed by atoms with E-state index < -0.39 is 0 Å². The van der Waals surface area contributed by atoms with E-state index in [4.69, 9.17) is 5.26 Å². The van der Waals surface area contributed by atoms with Crippen molar-refractivity contribution in [2.75, 3.05) is 0 Å². The maximum Gasteiger partial charge on any atom is 0.224 e. The minimum atomic E-state index is -0.159. The van der Waals surface area contributed by atoms with Gasteiger partial charge in [-0.3, -0.25) is 4.79 Å². The van der Waals surface area contributed by atoms with Crippen LogP contribution in [0.25, 0.3) is 0 Å². The van der Waals surface area contributed by atoms with Crippen LogP contribution in [0.4, 0.5) is 0 Å². The highest BCUT2D eigenvalue weighted by Crippen LogP contribution is 2.26. The van der Waals surface area contributed by atoms with E-state index in [2.05, 4.69) is 6.07 Å². The average Bonchev–Trinajstić information content (AvgIpc) is 2.59. The largest absolute Gasteiger partial charge is 0.334 e. The van der Waals surface area contributed by atoms with Crippen LogP contribution < -0.4 is 0 Å². The quantitative estimate of drug-likeness (QED) is 0.779. The first kappa shape index (κ1) is 11.7. The Kier molecular flexibility index (Phi) is 3.14. The molecule has 2 rings (SSSR count). The zero-order valence-electron chi connectivity index (χ0n) is 10.2. The average molecular weight is 228 g/mol. The van der Waals surface area contributed by atoms with Gasteiger partial charge in [-0.25, -0.2) is 0 Å². The third-order valence-corrected chi connectivity index (χ3v) is 3.43. The molecule has 1 saturated heterocycles. The van der Waals surface area contributed by atoms with Crippen molar-refractivity contribution in [2.45, 2.75) is 32.9 Å². The first-order valence-corrected chi connectivity index (χ1v) is 5.86. The Labute approximate surface area is 102 Å². The molecule has 1 aliphatic rings. The molecule has 1 fully saturated rings. The monoisotopic (exact) mass is 228 g/mol. The number of nitrogens with zero attached hydrogens (tertiary/aromatic N) is 2. The molecule has 88 valence electrons. The molecule has 17 heavy (non-hydrogen) atoms. The molecular weight excluding hydrogens is 212 g/mol. The Morgan fingerprint density at radius 3 is 2.59 bits per heavy atom. The van der Waals surface area contributed by atoms with Crippen LogP contribution in [-0.4, -0.2) is 16.8 Å². The van der Waals surface area contributed by atoms with Crippen molar-refractivity contribution in [1.82, 2.24) is 4.90 Å². The molecule has 1 heterocycles. The van der Waals surface area contributed by atoms with Gasteiger partial charge in [0.1, 0.15) is 0 Å². The van der Waals surface area contributed by atoms with Crippen LogP contribution >= 0.6 is 0 Å². The van der Waals surface area contributed by atoms with Gasteiger partial charge < -0.3 is 4.90 Å². The molecule has 1 aromatic carbocycles. The summed E-state index contributed by atoms with van der Waals surface area (Å²) in [4.78, 5) is 13.6. The Morgan fingerprint density at radius 2 is 2.06 bits per heavy atom. The first-order valence-electron chi connectivity index (χ1n) is 5.86. The predicted molar refractivity (Wildman–Crippen MR) is 64.9 cm³/mol. The summed E-state index contributed by atoms with van der Waals surface area (Å²) in [5.74, 6) is -0.0717. The van der Waals surface area contributed by atoms with Crippen LogP contribution in [0.1, 0.15) is 24.5 Å². The van der Waals surface area contributed by atoms with Gasteiger partial charge in [-0.2, -0.15) is 5.26 Å². The number of hydrogen-bond acceptors (Lipinski definition) is 2. The fraction of sp³-hybridized carbons (Fsp3) is 0.429. The number of benzene rings is 1. The molecule has 0 aromatic heterocycles. The SMILES string of the molecule is Cc1ccc(CN2C(=O)CC(C#N)C2C)cc1. The molecule has 2 unspecified atom stereocenters. The lowest BCUT2D eigenvalue weighted by molar-refractivity contribution is -0.129. The lowest BCUT2D eigenvalue weighted by Crippen LogP contribution is -2.32. The van der Waals surface area contributed by atoms with Crippen molar-refractivity contribution in [3.05, 3.63) is 35.4 Å². The fourth-order valence-electron chi connectivity index (χ4n) is 2.20. The van der Waals surface area contributed by atoms with E-state index in [1.54, 1.807) is 4.90 Å². The molecule has 0 bridgehead atoms. The molecule has 0 saturated carbocycles. The standard InChI is InChI=1S/C14H16N2O/c1-10-3-5-12(6-4-10)9-16-11(2)13(8-15)7-14(16)17/h3-6,11,13H,7,9H2,1-2H3. The molecule has 0 spiro atoms. The summed E-state index contributed by atoms with van der Waals surface area (Å²) in [5, 5.41) is 8.95. The van der Waals surface area contributed by atoms with Crippen molar-refractivity contribution in [3.8, 4) is 6.07 Å². The third kappa shape index (κ3) is 2.31. The number of carbonyl (C=O) groups excluding carboxylic acids is 1. The lowest BCUT2D eigenvalue weighted by atomic mass is 10.0. The topological polar surface area (TPSA) is 44.1 Å². The molecule has 0 radical (unpaired) electrons. The van der Waals surface area contributed by atoms with Gasteiger partial charge in [-0.1, -0.05) is 29.8 Å². The zero-order chi connectivity index (χ0) is 12.4. The molecule has 0 aliphatic carbocycles. The molecule has 1 aliphatic heterocycles. The van der Waals surface area contributed by atoms with Crippen molar-refractivity contribution < 1.29 is 4.79 Å². The smallest absolute Gasteiger partial charge is 0.224 e. The van der Waals surface area contributed by atoms with E-state index in [-0.39, 0.29) is 17.9 Å². The number of nitriles is 1. The van der Waals surface area contributed by atoms with Crippen LogP contribution in [-0.2, 0) is 11.3 Å². The van der Waals surface area contributed by atoms with Gasteiger partial charge in [-0.15, -0.1) is 0 Å². The van der Waals surface area contributed by atoms with Crippen LogP contribution in [0.2, 0.25) is 0 Å². The van der Waals surface area contributed by atoms with Crippen molar-refractivity contribution in [2.24, 2.45) is 5.92 Å².